The quantitative estimate of drug-likeness (QED) is 0.710. The van der Waals surface area contributed by atoms with Gasteiger partial charge in [0.25, 0.3) is 0 Å². The summed E-state index contributed by atoms with van der Waals surface area (Å²) in [6.45, 7) is 0.319. The van der Waals surface area contributed by atoms with Gasteiger partial charge in [-0.15, -0.1) is 0 Å². The van der Waals surface area contributed by atoms with Gasteiger partial charge in [0.05, 0.1) is 0 Å². The number of benzene rings is 1. The molecule has 62 valence electrons. The van der Waals surface area contributed by atoms with Crippen LogP contribution in [0.15, 0.2) is 34.3 Å². The lowest BCUT2D eigenvalue weighted by Crippen LogP contribution is -2.12. The Morgan fingerprint density at radius 2 is 2.33 bits per heavy atom. The van der Waals surface area contributed by atoms with Gasteiger partial charge in [0.2, 0.25) is 0 Å². The maximum absolute atomic E-state index is 10.0. The van der Waals surface area contributed by atoms with E-state index in [2.05, 4.69) is 10.5 Å². The van der Waals surface area contributed by atoms with E-state index >= 15 is 0 Å². The normalized spacial score (nSPS) is 19.8. The molecule has 1 aliphatic rings. The fourth-order valence-corrected chi connectivity index (χ4v) is 2.23. The van der Waals surface area contributed by atoms with Crippen LogP contribution in [0.4, 0.5) is 5.69 Å². The Balaban J connectivity index is 2.16. The van der Waals surface area contributed by atoms with Gasteiger partial charge < -0.3 is 5.32 Å². The maximum atomic E-state index is 10.0. The third kappa shape index (κ3) is 1.30. The SMILES string of the molecule is O=NCC1Nc2ccccc2S1. The number of thioether (sulfide) groups is 1. The lowest BCUT2D eigenvalue weighted by molar-refractivity contribution is 0.968. The molecule has 1 aromatic carbocycles. The molecule has 0 amide bonds. The lowest BCUT2D eigenvalue weighted by atomic mass is 10.3. The van der Waals surface area contributed by atoms with Gasteiger partial charge in [-0.2, -0.15) is 4.91 Å². The van der Waals surface area contributed by atoms with Crippen molar-refractivity contribution in [1.29, 1.82) is 0 Å². The van der Waals surface area contributed by atoms with E-state index in [4.69, 9.17) is 0 Å². The minimum Gasteiger partial charge on any atom is -0.370 e. The largest absolute Gasteiger partial charge is 0.370 e. The van der Waals surface area contributed by atoms with Gasteiger partial charge in [-0.05, 0) is 12.1 Å². The summed E-state index contributed by atoms with van der Waals surface area (Å²) in [4.78, 5) is 11.2. The number of rotatable bonds is 2. The number of nitrogens with one attached hydrogen (secondary N) is 1. The topological polar surface area (TPSA) is 41.5 Å². The van der Waals surface area contributed by atoms with Gasteiger partial charge in [-0.25, -0.2) is 0 Å². The van der Waals surface area contributed by atoms with Crippen LogP contribution < -0.4 is 5.32 Å². The summed E-state index contributed by atoms with van der Waals surface area (Å²) in [5.41, 5.74) is 1.11. The summed E-state index contributed by atoms with van der Waals surface area (Å²) < 4.78 is 0. The van der Waals surface area contributed by atoms with Crippen LogP contribution in [-0.4, -0.2) is 11.9 Å². The van der Waals surface area contributed by atoms with Crippen molar-refractivity contribution in [2.45, 2.75) is 10.3 Å². The Hall–Kier alpha value is -1.03. The highest BCUT2D eigenvalue weighted by molar-refractivity contribution is 8.00. The first kappa shape index (κ1) is 7.61. The molecule has 0 aromatic heterocycles. The van der Waals surface area contributed by atoms with Crippen molar-refractivity contribution >= 4 is 17.4 Å². The van der Waals surface area contributed by atoms with Crippen LogP contribution >= 0.6 is 11.8 Å². The van der Waals surface area contributed by atoms with Crippen LogP contribution in [0, 0.1) is 4.91 Å². The fourth-order valence-electron chi connectivity index (χ4n) is 1.20. The van der Waals surface area contributed by atoms with E-state index in [1.807, 2.05) is 24.3 Å². The van der Waals surface area contributed by atoms with Crippen molar-refractivity contribution in [2.75, 3.05) is 11.9 Å². The van der Waals surface area contributed by atoms with Gasteiger partial charge >= 0.3 is 0 Å². The molecule has 0 saturated carbocycles. The van der Waals surface area contributed by atoms with Crippen LogP contribution in [0.1, 0.15) is 0 Å². The molecule has 1 heterocycles. The average molecular weight is 180 g/mol. The molecule has 0 radical (unpaired) electrons. The smallest absolute Gasteiger partial charge is 0.111 e. The fraction of sp³-hybridized carbons (Fsp3) is 0.250. The van der Waals surface area contributed by atoms with Gasteiger partial charge in [0.15, 0.2) is 0 Å². The molecule has 12 heavy (non-hydrogen) atoms. The first-order valence-corrected chi connectivity index (χ1v) is 4.59. The molecule has 2 rings (SSSR count). The summed E-state index contributed by atoms with van der Waals surface area (Å²) in [5, 5.41) is 6.20. The van der Waals surface area contributed by atoms with Crippen LogP contribution in [0.3, 0.4) is 0 Å². The number of fused-ring (bicyclic) bond motifs is 1. The van der Waals surface area contributed by atoms with Gasteiger partial charge in [0, 0.05) is 10.6 Å². The first-order chi connectivity index (χ1) is 5.90. The molecular formula is C8H8N2OS. The summed E-state index contributed by atoms with van der Waals surface area (Å²) in [6.07, 6.45) is 0. The summed E-state index contributed by atoms with van der Waals surface area (Å²) in [5.74, 6) is 0. The molecule has 0 saturated heterocycles. The molecule has 0 spiro atoms. The number of nitrogens with zero attached hydrogens (tertiary/aromatic N) is 1. The van der Waals surface area contributed by atoms with Crippen molar-refractivity contribution in [2.24, 2.45) is 5.18 Å². The minimum absolute atomic E-state index is 0.125. The van der Waals surface area contributed by atoms with Crippen molar-refractivity contribution in [3.8, 4) is 0 Å². The molecule has 1 aromatic rings. The molecule has 1 aliphatic heterocycles. The number of nitroso groups, excluding NO2 is 1. The third-order valence-electron chi connectivity index (χ3n) is 1.71. The Kier molecular flexibility index (Phi) is 1.99. The highest BCUT2D eigenvalue weighted by atomic mass is 32.2. The predicted molar refractivity (Wildman–Crippen MR) is 50.4 cm³/mol. The zero-order valence-corrected chi connectivity index (χ0v) is 7.17. The van der Waals surface area contributed by atoms with Gasteiger partial charge in [0.1, 0.15) is 11.9 Å². The Bertz CT molecular complexity index is 278. The van der Waals surface area contributed by atoms with Crippen LogP contribution in [-0.2, 0) is 0 Å². The van der Waals surface area contributed by atoms with Gasteiger partial charge in [-0.1, -0.05) is 29.1 Å². The molecule has 0 fully saturated rings. The average Bonchev–Trinajstić information content (AvgIpc) is 2.47. The second-order valence-corrected chi connectivity index (χ2v) is 3.80. The Labute approximate surface area is 74.5 Å². The zero-order chi connectivity index (χ0) is 8.39. The number of hydrogen-bond donors (Lipinski definition) is 1. The summed E-state index contributed by atoms with van der Waals surface area (Å²) >= 11 is 1.66. The van der Waals surface area contributed by atoms with E-state index in [1.54, 1.807) is 11.8 Å². The second kappa shape index (κ2) is 3.15. The van der Waals surface area contributed by atoms with Crippen molar-refractivity contribution < 1.29 is 0 Å². The lowest BCUT2D eigenvalue weighted by Gasteiger charge is -2.02. The highest BCUT2D eigenvalue weighted by Gasteiger charge is 2.20. The van der Waals surface area contributed by atoms with Crippen LogP contribution in [0.2, 0.25) is 0 Å². The van der Waals surface area contributed by atoms with E-state index in [0.29, 0.717) is 6.54 Å². The molecule has 1 unspecified atom stereocenters. The predicted octanol–water partition coefficient (Wildman–Crippen LogP) is 2.30. The Morgan fingerprint density at radius 3 is 3.08 bits per heavy atom. The standard InChI is InChI=1S/C8H8N2OS/c11-9-5-8-10-6-3-1-2-4-7(6)12-8/h1-4,8,10H,5H2. The van der Waals surface area contributed by atoms with Crippen molar-refractivity contribution in [1.82, 2.24) is 0 Å². The Morgan fingerprint density at radius 1 is 1.50 bits per heavy atom. The maximum Gasteiger partial charge on any atom is 0.111 e. The van der Waals surface area contributed by atoms with E-state index in [0.717, 1.165) is 5.69 Å². The highest BCUT2D eigenvalue weighted by Crippen LogP contribution is 2.37. The molecule has 1 atom stereocenters. The van der Waals surface area contributed by atoms with Crippen LogP contribution in [0.25, 0.3) is 0 Å². The number of para-hydroxylation sites is 1. The minimum atomic E-state index is 0.125. The molecule has 3 nitrogen and oxygen atoms in total. The van der Waals surface area contributed by atoms with Crippen molar-refractivity contribution in [3.05, 3.63) is 29.2 Å². The molecular weight excluding hydrogens is 172 g/mol. The molecule has 4 heteroatoms. The molecule has 0 bridgehead atoms. The number of anilines is 1. The molecule has 1 N–H and O–H groups in total. The van der Waals surface area contributed by atoms with E-state index in [9.17, 15) is 4.91 Å². The van der Waals surface area contributed by atoms with E-state index in [-0.39, 0.29) is 5.37 Å². The van der Waals surface area contributed by atoms with E-state index in [1.165, 1.54) is 4.90 Å². The summed E-state index contributed by atoms with van der Waals surface area (Å²) in [7, 11) is 0. The van der Waals surface area contributed by atoms with E-state index < -0.39 is 0 Å². The zero-order valence-electron chi connectivity index (χ0n) is 6.36. The second-order valence-electron chi connectivity index (χ2n) is 2.56. The summed E-state index contributed by atoms with van der Waals surface area (Å²) in [6, 6.07) is 8.01. The first-order valence-electron chi connectivity index (χ1n) is 3.71. The number of hydrogen-bond acceptors (Lipinski definition) is 4. The van der Waals surface area contributed by atoms with Crippen molar-refractivity contribution in [3.63, 3.8) is 0 Å². The molecule has 0 aliphatic carbocycles. The third-order valence-corrected chi connectivity index (χ3v) is 2.87. The monoisotopic (exact) mass is 180 g/mol. The van der Waals surface area contributed by atoms with Gasteiger partial charge in [-0.3, -0.25) is 0 Å². The van der Waals surface area contributed by atoms with Crippen LogP contribution in [0.5, 0.6) is 0 Å².